The Morgan fingerprint density at radius 2 is 1.10 bits per heavy atom. The Hall–Kier alpha value is -6.12. The van der Waals surface area contributed by atoms with Crippen LogP contribution in [0, 0.1) is 0 Å². The van der Waals surface area contributed by atoms with Crippen molar-refractivity contribution in [2.45, 2.75) is 19.3 Å². The zero-order chi connectivity index (χ0) is 32.7. The molecule has 2 heteroatoms. The first-order valence-corrected chi connectivity index (χ1v) is 17.0. The molecule has 0 N–H and O–H groups in total. The molecule has 232 valence electrons. The van der Waals surface area contributed by atoms with E-state index in [4.69, 9.17) is 4.42 Å². The molecule has 8 aromatic carbocycles. The molecule has 49 heavy (non-hydrogen) atoms. The Labute approximate surface area is 285 Å². The predicted octanol–water partition coefficient (Wildman–Crippen LogP) is 13.3. The van der Waals surface area contributed by atoms with Crippen LogP contribution >= 0.6 is 0 Å². The lowest BCUT2D eigenvalue weighted by molar-refractivity contribution is 0.653. The van der Waals surface area contributed by atoms with Gasteiger partial charge < -0.3 is 9.32 Å². The molecule has 0 aliphatic heterocycles. The van der Waals surface area contributed by atoms with E-state index in [1.807, 2.05) is 0 Å². The van der Waals surface area contributed by atoms with Gasteiger partial charge in [-0.2, -0.15) is 0 Å². The number of nitrogens with zero attached hydrogens (tertiary/aromatic N) is 1. The molecular formula is C47H33NO. The lowest BCUT2D eigenvalue weighted by atomic mass is 9.82. The van der Waals surface area contributed by atoms with Gasteiger partial charge in [-0.1, -0.05) is 153 Å². The van der Waals surface area contributed by atoms with Gasteiger partial charge >= 0.3 is 0 Å². The van der Waals surface area contributed by atoms with E-state index >= 15 is 0 Å². The number of anilines is 3. The van der Waals surface area contributed by atoms with Crippen LogP contribution in [0.3, 0.4) is 0 Å². The molecule has 1 aliphatic rings. The highest BCUT2D eigenvalue weighted by Crippen LogP contribution is 2.53. The minimum atomic E-state index is -0.0987. The minimum Gasteiger partial charge on any atom is -0.453 e. The van der Waals surface area contributed by atoms with Crippen LogP contribution in [0.15, 0.2) is 168 Å². The standard InChI is InChI=1S/C47H33NO/c1-47(2)40-21-11-10-19-39(40)44-41(47)28-27-38-37-20-12-22-42(45(37)49-46(38)44)48(33-25-23-31(24-26-33)30-13-4-3-5-14-30)43-29-32-15-6-7-16-34(32)35-17-8-9-18-36(35)43/h3-29H,1-2H3. The number of benzene rings is 8. The number of hydrogen-bond donors (Lipinski definition) is 0. The monoisotopic (exact) mass is 627 g/mol. The second-order valence-corrected chi connectivity index (χ2v) is 13.7. The van der Waals surface area contributed by atoms with Gasteiger partial charge in [0.2, 0.25) is 0 Å². The molecule has 0 amide bonds. The maximum absolute atomic E-state index is 7.15. The summed E-state index contributed by atoms with van der Waals surface area (Å²) in [6.45, 7) is 4.65. The van der Waals surface area contributed by atoms with Crippen LogP contribution in [0.1, 0.15) is 25.0 Å². The van der Waals surface area contributed by atoms with Gasteiger partial charge in [0, 0.05) is 32.8 Å². The third kappa shape index (κ3) is 4.07. The predicted molar refractivity (Wildman–Crippen MR) is 206 cm³/mol. The van der Waals surface area contributed by atoms with Gasteiger partial charge in [-0.15, -0.1) is 0 Å². The molecule has 1 aromatic heterocycles. The van der Waals surface area contributed by atoms with E-state index < -0.39 is 0 Å². The first-order valence-electron chi connectivity index (χ1n) is 17.0. The second-order valence-electron chi connectivity index (χ2n) is 13.7. The molecule has 9 aromatic rings. The number of rotatable bonds is 4. The molecule has 1 heterocycles. The molecule has 0 radical (unpaired) electrons. The van der Waals surface area contributed by atoms with Gasteiger partial charge in [-0.25, -0.2) is 0 Å². The second kappa shape index (κ2) is 10.4. The molecule has 0 saturated heterocycles. The van der Waals surface area contributed by atoms with Crippen LogP contribution in [-0.4, -0.2) is 0 Å². The van der Waals surface area contributed by atoms with Crippen molar-refractivity contribution in [1.29, 1.82) is 0 Å². The van der Waals surface area contributed by atoms with Gasteiger partial charge in [0.15, 0.2) is 5.58 Å². The largest absolute Gasteiger partial charge is 0.453 e. The van der Waals surface area contributed by atoms with Crippen molar-refractivity contribution in [2.24, 2.45) is 0 Å². The first kappa shape index (κ1) is 27.9. The summed E-state index contributed by atoms with van der Waals surface area (Å²) in [5, 5.41) is 7.14. The van der Waals surface area contributed by atoms with Crippen LogP contribution in [0.2, 0.25) is 0 Å². The van der Waals surface area contributed by atoms with Gasteiger partial charge in [0.1, 0.15) is 5.58 Å². The zero-order valence-corrected chi connectivity index (χ0v) is 27.4. The molecule has 10 rings (SSSR count). The van der Waals surface area contributed by atoms with E-state index in [9.17, 15) is 0 Å². The molecule has 0 unspecified atom stereocenters. The molecule has 1 aliphatic carbocycles. The Morgan fingerprint density at radius 3 is 1.94 bits per heavy atom. The lowest BCUT2D eigenvalue weighted by Crippen LogP contribution is -2.14. The summed E-state index contributed by atoms with van der Waals surface area (Å²) >= 11 is 0. The Morgan fingerprint density at radius 1 is 0.449 bits per heavy atom. The van der Waals surface area contributed by atoms with Gasteiger partial charge in [-0.05, 0) is 68.2 Å². The Kier molecular flexibility index (Phi) is 5.95. The van der Waals surface area contributed by atoms with E-state index in [1.165, 1.54) is 54.9 Å². The molecule has 0 saturated carbocycles. The van der Waals surface area contributed by atoms with Crippen LogP contribution < -0.4 is 4.90 Å². The first-order chi connectivity index (χ1) is 24.1. The fourth-order valence-corrected chi connectivity index (χ4v) is 8.26. The van der Waals surface area contributed by atoms with Crippen molar-refractivity contribution in [1.82, 2.24) is 0 Å². The normalized spacial score (nSPS) is 13.3. The molecule has 0 bridgehead atoms. The summed E-state index contributed by atoms with van der Waals surface area (Å²) in [6, 6.07) is 59.3. The maximum Gasteiger partial charge on any atom is 0.159 e. The topological polar surface area (TPSA) is 16.4 Å². The maximum atomic E-state index is 7.15. The molecule has 0 spiro atoms. The van der Waals surface area contributed by atoms with Crippen LogP contribution in [0.5, 0.6) is 0 Å². The van der Waals surface area contributed by atoms with Crippen molar-refractivity contribution in [3.63, 3.8) is 0 Å². The third-order valence-electron chi connectivity index (χ3n) is 10.6. The fraction of sp³-hybridized carbons (Fsp3) is 0.0638. The number of furan rings is 1. The molecule has 0 fully saturated rings. The fourth-order valence-electron chi connectivity index (χ4n) is 8.26. The van der Waals surface area contributed by atoms with E-state index in [0.717, 1.165) is 39.0 Å². The highest BCUT2D eigenvalue weighted by Gasteiger charge is 2.37. The Balaban J connectivity index is 1.27. The van der Waals surface area contributed by atoms with E-state index in [1.54, 1.807) is 0 Å². The summed E-state index contributed by atoms with van der Waals surface area (Å²) < 4.78 is 7.15. The summed E-state index contributed by atoms with van der Waals surface area (Å²) in [5.41, 5.74) is 12.5. The minimum absolute atomic E-state index is 0.0987. The summed E-state index contributed by atoms with van der Waals surface area (Å²) in [4.78, 5) is 2.40. The Bertz CT molecular complexity index is 2730. The number of hydrogen-bond acceptors (Lipinski definition) is 2. The van der Waals surface area contributed by atoms with Crippen molar-refractivity contribution in [3.8, 4) is 22.3 Å². The zero-order valence-electron chi connectivity index (χ0n) is 27.4. The van der Waals surface area contributed by atoms with Crippen molar-refractivity contribution in [3.05, 3.63) is 175 Å². The van der Waals surface area contributed by atoms with Gasteiger partial charge in [-0.3, -0.25) is 0 Å². The van der Waals surface area contributed by atoms with Crippen LogP contribution in [0.25, 0.3) is 65.7 Å². The summed E-state index contributed by atoms with van der Waals surface area (Å²) in [5.74, 6) is 0. The lowest BCUT2D eigenvalue weighted by Gasteiger charge is -2.27. The van der Waals surface area contributed by atoms with E-state index in [-0.39, 0.29) is 5.41 Å². The molecule has 2 nitrogen and oxygen atoms in total. The number of para-hydroxylation sites is 1. The van der Waals surface area contributed by atoms with Crippen molar-refractivity contribution >= 4 is 60.5 Å². The van der Waals surface area contributed by atoms with Crippen molar-refractivity contribution < 1.29 is 4.42 Å². The highest BCUT2D eigenvalue weighted by molar-refractivity contribution is 6.18. The average molecular weight is 628 g/mol. The van der Waals surface area contributed by atoms with Crippen molar-refractivity contribution in [2.75, 3.05) is 4.90 Å². The third-order valence-corrected chi connectivity index (χ3v) is 10.6. The van der Waals surface area contributed by atoms with E-state index in [0.29, 0.717) is 0 Å². The summed E-state index contributed by atoms with van der Waals surface area (Å²) in [7, 11) is 0. The smallest absolute Gasteiger partial charge is 0.159 e. The van der Waals surface area contributed by atoms with Gasteiger partial charge in [0.25, 0.3) is 0 Å². The van der Waals surface area contributed by atoms with Crippen LogP contribution in [-0.2, 0) is 5.41 Å². The summed E-state index contributed by atoms with van der Waals surface area (Å²) in [6.07, 6.45) is 0. The average Bonchev–Trinajstić information content (AvgIpc) is 3.65. The molecular weight excluding hydrogens is 595 g/mol. The van der Waals surface area contributed by atoms with Crippen LogP contribution in [0.4, 0.5) is 17.1 Å². The molecule has 0 atom stereocenters. The quantitative estimate of drug-likeness (QED) is 0.181. The highest BCUT2D eigenvalue weighted by atomic mass is 16.3. The number of fused-ring (bicyclic) bond motifs is 10. The van der Waals surface area contributed by atoms with Gasteiger partial charge in [0.05, 0.1) is 11.4 Å². The SMILES string of the molecule is CC1(C)c2ccccc2-c2c1ccc1c2oc2c(N(c3ccc(-c4ccccc4)cc3)c3cc4ccccc4c4ccccc34)cccc21. The van der Waals surface area contributed by atoms with E-state index in [2.05, 4.69) is 183 Å².